The number of nitrogens with zero attached hydrogens (tertiary/aromatic N) is 1. The van der Waals surface area contributed by atoms with Crippen molar-refractivity contribution in [3.05, 3.63) is 29.6 Å². The summed E-state index contributed by atoms with van der Waals surface area (Å²) in [6, 6.07) is 4.32. The molecule has 0 aliphatic carbocycles. The second-order valence-electron chi connectivity index (χ2n) is 5.11. The number of halogens is 1. The summed E-state index contributed by atoms with van der Waals surface area (Å²) in [5.74, 6) is -2.11. The van der Waals surface area contributed by atoms with E-state index in [9.17, 15) is 14.0 Å². The first-order valence-corrected chi connectivity index (χ1v) is 6.70. The van der Waals surface area contributed by atoms with Gasteiger partial charge in [-0.05, 0) is 18.1 Å². The molecule has 0 bridgehead atoms. The van der Waals surface area contributed by atoms with Gasteiger partial charge in [-0.2, -0.15) is 0 Å². The third kappa shape index (κ3) is 4.73. The molecule has 0 radical (unpaired) electrons. The number of carbonyl (C=O) groups excluding carboxylic acids is 1. The van der Waals surface area contributed by atoms with Crippen molar-refractivity contribution < 1.29 is 23.8 Å². The van der Waals surface area contributed by atoms with Gasteiger partial charge < -0.3 is 14.7 Å². The molecule has 0 atom stereocenters. The van der Waals surface area contributed by atoms with Gasteiger partial charge in [0.25, 0.3) is 5.91 Å². The molecular formula is C15H20FNO4. The second kappa shape index (κ2) is 7.61. The Hall–Kier alpha value is -2.11. The van der Waals surface area contributed by atoms with E-state index < -0.39 is 17.7 Å². The first-order chi connectivity index (χ1) is 9.86. The van der Waals surface area contributed by atoms with Crippen molar-refractivity contribution in [1.29, 1.82) is 0 Å². The summed E-state index contributed by atoms with van der Waals surface area (Å²) in [6.45, 7) is 4.22. The molecule has 0 spiro atoms. The second-order valence-corrected chi connectivity index (χ2v) is 5.11. The number of aliphatic carboxylic acids is 1. The molecular weight excluding hydrogens is 277 g/mol. The summed E-state index contributed by atoms with van der Waals surface area (Å²) in [4.78, 5) is 24.5. The summed E-state index contributed by atoms with van der Waals surface area (Å²) >= 11 is 0. The zero-order valence-corrected chi connectivity index (χ0v) is 12.4. The number of carboxylic acid groups (broad SMARTS) is 1. The summed E-state index contributed by atoms with van der Waals surface area (Å²) in [7, 11) is 1.32. The quantitative estimate of drug-likeness (QED) is 0.839. The molecule has 1 aromatic rings. The molecule has 6 heteroatoms. The van der Waals surface area contributed by atoms with Gasteiger partial charge in [-0.1, -0.05) is 19.9 Å². The number of hydrogen-bond donors (Lipinski definition) is 1. The van der Waals surface area contributed by atoms with E-state index in [1.165, 1.54) is 30.2 Å². The van der Waals surface area contributed by atoms with Crippen molar-refractivity contribution >= 4 is 11.9 Å². The highest BCUT2D eigenvalue weighted by molar-refractivity contribution is 5.95. The smallest absolute Gasteiger partial charge is 0.305 e. The molecule has 0 unspecified atom stereocenters. The van der Waals surface area contributed by atoms with E-state index in [1.807, 2.05) is 13.8 Å². The van der Waals surface area contributed by atoms with Gasteiger partial charge in [0.15, 0.2) is 11.6 Å². The Morgan fingerprint density at radius 2 is 2.05 bits per heavy atom. The fraction of sp³-hybridized carbons (Fsp3) is 0.467. The fourth-order valence-electron chi connectivity index (χ4n) is 1.95. The molecule has 0 aliphatic heterocycles. The van der Waals surface area contributed by atoms with Gasteiger partial charge in [-0.25, -0.2) is 4.39 Å². The van der Waals surface area contributed by atoms with Crippen molar-refractivity contribution in [2.24, 2.45) is 5.92 Å². The van der Waals surface area contributed by atoms with Crippen LogP contribution in [0.5, 0.6) is 5.75 Å². The Bertz CT molecular complexity index is 516. The van der Waals surface area contributed by atoms with E-state index in [2.05, 4.69) is 0 Å². The molecule has 1 amide bonds. The maximum atomic E-state index is 14.1. The zero-order valence-electron chi connectivity index (χ0n) is 12.4. The highest BCUT2D eigenvalue weighted by Crippen LogP contribution is 2.21. The van der Waals surface area contributed by atoms with Crippen LogP contribution in [0, 0.1) is 11.7 Å². The number of carbonyl (C=O) groups is 2. The number of ether oxygens (including phenoxy) is 1. The Balaban J connectivity index is 3.01. The number of hydrogen-bond acceptors (Lipinski definition) is 3. The van der Waals surface area contributed by atoms with Crippen LogP contribution in [0.15, 0.2) is 18.2 Å². The molecule has 116 valence electrons. The van der Waals surface area contributed by atoms with Gasteiger partial charge >= 0.3 is 5.97 Å². The molecule has 0 saturated heterocycles. The van der Waals surface area contributed by atoms with Gasteiger partial charge in [0.1, 0.15) is 0 Å². The number of methoxy groups -OCH3 is 1. The number of benzene rings is 1. The lowest BCUT2D eigenvalue weighted by atomic mass is 10.1. The van der Waals surface area contributed by atoms with E-state index in [4.69, 9.17) is 9.84 Å². The molecule has 5 nitrogen and oxygen atoms in total. The third-order valence-electron chi connectivity index (χ3n) is 2.88. The number of carboxylic acids is 1. The van der Waals surface area contributed by atoms with Crippen molar-refractivity contribution in [2.45, 2.75) is 20.3 Å². The molecule has 21 heavy (non-hydrogen) atoms. The van der Waals surface area contributed by atoms with Crippen LogP contribution >= 0.6 is 0 Å². The Labute approximate surface area is 123 Å². The summed E-state index contributed by atoms with van der Waals surface area (Å²) in [5.41, 5.74) is -0.111. The number of rotatable bonds is 7. The van der Waals surface area contributed by atoms with Gasteiger partial charge in [0.05, 0.1) is 19.1 Å². The maximum absolute atomic E-state index is 14.1. The monoisotopic (exact) mass is 297 g/mol. The first kappa shape index (κ1) is 16.9. The fourth-order valence-corrected chi connectivity index (χ4v) is 1.95. The maximum Gasteiger partial charge on any atom is 0.305 e. The molecule has 1 aromatic carbocycles. The van der Waals surface area contributed by atoms with Crippen LogP contribution in [0.3, 0.4) is 0 Å². The van der Waals surface area contributed by atoms with Gasteiger partial charge in [0, 0.05) is 13.1 Å². The van der Waals surface area contributed by atoms with Crippen molar-refractivity contribution in [2.75, 3.05) is 20.2 Å². The third-order valence-corrected chi connectivity index (χ3v) is 2.88. The van der Waals surface area contributed by atoms with Gasteiger partial charge in [0.2, 0.25) is 0 Å². The average Bonchev–Trinajstić information content (AvgIpc) is 2.42. The van der Waals surface area contributed by atoms with Crippen LogP contribution in [-0.2, 0) is 4.79 Å². The summed E-state index contributed by atoms with van der Waals surface area (Å²) in [6.07, 6.45) is -0.177. The number of amides is 1. The predicted molar refractivity (Wildman–Crippen MR) is 75.9 cm³/mol. The molecule has 0 saturated carbocycles. The molecule has 0 aliphatic rings. The van der Waals surface area contributed by atoms with E-state index in [-0.39, 0.29) is 30.2 Å². The van der Waals surface area contributed by atoms with Crippen LogP contribution in [0.2, 0.25) is 0 Å². The lowest BCUT2D eigenvalue weighted by Crippen LogP contribution is -2.36. The SMILES string of the molecule is COc1cccc(C(=O)N(CCC(=O)O)CC(C)C)c1F. The van der Waals surface area contributed by atoms with Crippen LogP contribution in [0.25, 0.3) is 0 Å². The minimum atomic E-state index is -0.998. The summed E-state index contributed by atoms with van der Waals surface area (Å²) < 4.78 is 19.0. The Morgan fingerprint density at radius 1 is 1.38 bits per heavy atom. The topological polar surface area (TPSA) is 66.8 Å². The minimum absolute atomic E-state index is 0.0106. The normalized spacial score (nSPS) is 10.5. The largest absolute Gasteiger partial charge is 0.494 e. The van der Waals surface area contributed by atoms with Crippen LogP contribution < -0.4 is 4.74 Å². The Morgan fingerprint density at radius 3 is 2.57 bits per heavy atom. The summed E-state index contributed by atoms with van der Waals surface area (Å²) in [5, 5.41) is 8.75. The molecule has 1 rings (SSSR count). The van der Waals surface area contributed by atoms with Crippen LogP contribution in [0.1, 0.15) is 30.6 Å². The minimum Gasteiger partial charge on any atom is -0.494 e. The van der Waals surface area contributed by atoms with Crippen LogP contribution in [0.4, 0.5) is 4.39 Å². The van der Waals surface area contributed by atoms with Crippen molar-refractivity contribution in [1.82, 2.24) is 4.90 Å². The zero-order chi connectivity index (χ0) is 16.0. The first-order valence-electron chi connectivity index (χ1n) is 6.70. The van der Waals surface area contributed by atoms with Crippen molar-refractivity contribution in [3.63, 3.8) is 0 Å². The van der Waals surface area contributed by atoms with Crippen LogP contribution in [-0.4, -0.2) is 42.1 Å². The highest BCUT2D eigenvalue weighted by Gasteiger charge is 2.22. The van der Waals surface area contributed by atoms with E-state index in [0.717, 1.165) is 0 Å². The van der Waals surface area contributed by atoms with E-state index in [1.54, 1.807) is 0 Å². The van der Waals surface area contributed by atoms with E-state index >= 15 is 0 Å². The molecule has 1 N–H and O–H groups in total. The van der Waals surface area contributed by atoms with Gasteiger partial charge in [-0.15, -0.1) is 0 Å². The van der Waals surface area contributed by atoms with Gasteiger partial charge in [-0.3, -0.25) is 9.59 Å². The lowest BCUT2D eigenvalue weighted by Gasteiger charge is -2.24. The van der Waals surface area contributed by atoms with Crippen molar-refractivity contribution in [3.8, 4) is 5.75 Å². The average molecular weight is 297 g/mol. The molecule has 0 fully saturated rings. The Kier molecular flexibility index (Phi) is 6.14. The molecule has 0 aromatic heterocycles. The molecule has 0 heterocycles. The lowest BCUT2D eigenvalue weighted by molar-refractivity contribution is -0.137. The predicted octanol–water partition coefficient (Wildman–Crippen LogP) is 2.41. The standard InChI is InChI=1S/C15H20FNO4/c1-10(2)9-17(8-7-13(18)19)15(20)11-5-4-6-12(21-3)14(11)16/h4-6,10H,7-9H2,1-3H3,(H,18,19). The highest BCUT2D eigenvalue weighted by atomic mass is 19.1. The van der Waals surface area contributed by atoms with E-state index in [0.29, 0.717) is 6.54 Å².